The lowest BCUT2D eigenvalue weighted by atomic mass is 9.93. The van der Waals surface area contributed by atoms with Crippen molar-refractivity contribution in [2.45, 2.75) is 27.2 Å². The third-order valence-electron chi connectivity index (χ3n) is 2.98. The molecule has 0 radical (unpaired) electrons. The zero-order valence-corrected chi connectivity index (χ0v) is 10.3. The Morgan fingerprint density at radius 2 is 2.25 bits per heavy atom. The largest absolute Gasteiger partial charge is 0.369 e. The average Bonchev–Trinajstić information content (AvgIpc) is 2.60. The molecule has 1 aromatic rings. The highest BCUT2D eigenvalue weighted by Gasteiger charge is 2.29. The first-order valence-electron chi connectivity index (χ1n) is 5.91. The fourth-order valence-electron chi connectivity index (χ4n) is 2.08. The van der Waals surface area contributed by atoms with Gasteiger partial charge in [0.05, 0.1) is 12.4 Å². The zero-order valence-electron chi connectivity index (χ0n) is 10.3. The van der Waals surface area contributed by atoms with Crippen molar-refractivity contribution in [2.75, 3.05) is 29.9 Å². The summed E-state index contributed by atoms with van der Waals surface area (Å²) in [6.45, 7) is 9.69. The van der Waals surface area contributed by atoms with Crippen LogP contribution in [0.1, 0.15) is 27.2 Å². The van der Waals surface area contributed by atoms with E-state index in [0.717, 1.165) is 31.3 Å². The monoisotopic (exact) mass is 220 g/mol. The van der Waals surface area contributed by atoms with Crippen LogP contribution < -0.4 is 10.2 Å². The van der Waals surface area contributed by atoms with E-state index in [1.807, 2.05) is 6.20 Å². The maximum absolute atomic E-state index is 4.56. The number of hydrogen-bond acceptors (Lipinski definition) is 4. The first kappa shape index (κ1) is 11.2. The molecule has 4 nitrogen and oxygen atoms in total. The van der Waals surface area contributed by atoms with Crippen molar-refractivity contribution in [1.82, 2.24) is 9.97 Å². The first-order chi connectivity index (χ1) is 7.61. The molecule has 2 rings (SSSR count). The molecule has 0 aromatic carbocycles. The van der Waals surface area contributed by atoms with Crippen molar-refractivity contribution in [1.29, 1.82) is 0 Å². The minimum absolute atomic E-state index is 0.399. The number of rotatable bonds is 3. The van der Waals surface area contributed by atoms with Gasteiger partial charge in [-0.15, -0.1) is 0 Å². The van der Waals surface area contributed by atoms with Crippen molar-refractivity contribution in [2.24, 2.45) is 5.41 Å². The van der Waals surface area contributed by atoms with Gasteiger partial charge < -0.3 is 10.2 Å². The van der Waals surface area contributed by atoms with Crippen LogP contribution in [-0.4, -0.2) is 29.6 Å². The summed E-state index contributed by atoms with van der Waals surface area (Å²) in [7, 11) is 0. The molecule has 0 aliphatic carbocycles. The smallest absolute Gasteiger partial charge is 0.149 e. The van der Waals surface area contributed by atoms with Gasteiger partial charge in [-0.3, -0.25) is 4.98 Å². The van der Waals surface area contributed by atoms with Crippen LogP contribution in [0.5, 0.6) is 0 Å². The Hall–Kier alpha value is -1.32. The molecule has 4 heteroatoms. The molecule has 1 fully saturated rings. The summed E-state index contributed by atoms with van der Waals surface area (Å²) in [6, 6.07) is 0. The van der Waals surface area contributed by atoms with Crippen LogP contribution in [0, 0.1) is 5.41 Å². The van der Waals surface area contributed by atoms with Crippen molar-refractivity contribution >= 4 is 11.6 Å². The Morgan fingerprint density at radius 3 is 2.88 bits per heavy atom. The molecule has 0 bridgehead atoms. The van der Waals surface area contributed by atoms with E-state index >= 15 is 0 Å². The molecule has 1 N–H and O–H groups in total. The molecular formula is C12H20N4. The second-order valence-corrected chi connectivity index (χ2v) is 5.13. The highest BCUT2D eigenvalue weighted by atomic mass is 15.2. The predicted octanol–water partition coefficient (Wildman–Crippen LogP) is 2.14. The van der Waals surface area contributed by atoms with E-state index in [0.29, 0.717) is 5.41 Å². The molecule has 1 aromatic heterocycles. The van der Waals surface area contributed by atoms with Gasteiger partial charge in [0, 0.05) is 19.6 Å². The Balaban J connectivity index is 2.12. The van der Waals surface area contributed by atoms with E-state index in [-0.39, 0.29) is 0 Å². The second kappa shape index (κ2) is 4.28. The van der Waals surface area contributed by atoms with Crippen LogP contribution in [-0.2, 0) is 0 Å². The molecule has 1 aliphatic heterocycles. The van der Waals surface area contributed by atoms with Crippen molar-refractivity contribution in [3.05, 3.63) is 12.4 Å². The molecule has 0 atom stereocenters. The predicted molar refractivity (Wildman–Crippen MR) is 66.8 cm³/mol. The van der Waals surface area contributed by atoms with E-state index in [9.17, 15) is 0 Å². The first-order valence-corrected chi connectivity index (χ1v) is 5.91. The lowest BCUT2D eigenvalue weighted by molar-refractivity contribution is 0.418. The molecule has 16 heavy (non-hydrogen) atoms. The van der Waals surface area contributed by atoms with Crippen LogP contribution >= 0.6 is 0 Å². The van der Waals surface area contributed by atoms with Gasteiger partial charge in [0.1, 0.15) is 11.6 Å². The lowest BCUT2D eigenvalue weighted by Gasteiger charge is -2.20. The Bertz CT molecular complexity index is 362. The molecule has 1 aliphatic rings. The molecule has 1 saturated heterocycles. The molecule has 2 heterocycles. The topological polar surface area (TPSA) is 41.1 Å². The van der Waals surface area contributed by atoms with Gasteiger partial charge in [-0.05, 0) is 18.8 Å². The SMILES string of the molecule is CCNc1cncc(N2CCC(C)(C)C2)n1. The van der Waals surface area contributed by atoms with Gasteiger partial charge in [-0.1, -0.05) is 13.8 Å². The molecule has 88 valence electrons. The number of aromatic nitrogens is 2. The summed E-state index contributed by atoms with van der Waals surface area (Å²) in [6.07, 6.45) is 4.84. The van der Waals surface area contributed by atoms with Gasteiger partial charge in [0.2, 0.25) is 0 Å². The van der Waals surface area contributed by atoms with E-state index in [1.165, 1.54) is 6.42 Å². The molecule has 0 amide bonds. The van der Waals surface area contributed by atoms with Crippen LogP contribution in [0.4, 0.5) is 11.6 Å². The quantitative estimate of drug-likeness (QED) is 0.847. The third-order valence-corrected chi connectivity index (χ3v) is 2.98. The van der Waals surface area contributed by atoms with Crippen molar-refractivity contribution in [3.8, 4) is 0 Å². The number of nitrogens with zero attached hydrogens (tertiary/aromatic N) is 3. The number of hydrogen-bond donors (Lipinski definition) is 1. The highest BCUT2D eigenvalue weighted by molar-refractivity contribution is 5.44. The van der Waals surface area contributed by atoms with Crippen LogP contribution in [0.25, 0.3) is 0 Å². The van der Waals surface area contributed by atoms with Gasteiger partial charge in [0.25, 0.3) is 0 Å². The molecular weight excluding hydrogens is 200 g/mol. The van der Waals surface area contributed by atoms with Gasteiger partial charge in [0.15, 0.2) is 0 Å². The van der Waals surface area contributed by atoms with E-state index in [2.05, 4.69) is 41.0 Å². The maximum atomic E-state index is 4.56. The van der Waals surface area contributed by atoms with Gasteiger partial charge in [-0.2, -0.15) is 0 Å². The minimum atomic E-state index is 0.399. The summed E-state index contributed by atoms with van der Waals surface area (Å²) in [5.74, 6) is 1.86. The maximum Gasteiger partial charge on any atom is 0.149 e. The Kier molecular flexibility index (Phi) is 2.99. The van der Waals surface area contributed by atoms with Gasteiger partial charge in [-0.25, -0.2) is 4.98 Å². The molecule has 0 unspecified atom stereocenters. The van der Waals surface area contributed by atoms with Crippen LogP contribution in [0.15, 0.2) is 12.4 Å². The highest BCUT2D eigenvalue weighted by Crippen LogP contribution is 2.31. The fourth-order valence-corrected chi connectivity index (χ4v) is 2.08. The summed E-state index contributed by atoms with van der Waals surface area (Å²) in [5, 5.41) is 3.19. The summed E-state index contributed by atoms with van der Waals surface area (Å²) in [5.41, 5.74) is 0.399. The lowest BCUT2D eigenvalue weighted by Crippen LogP contribution is -2.24. The summed E-state index contributed by atoms with van der Waals surface area (Å²) in [4.78, 5) is 11.1. The second-order valence-electron chi connectivity index (χ2n) is 5.13. The number of anilines is 2. The fraction of sp³-hybridized carbons (Fsp3) is 0.667. The molecule has 0 saturated carbocycles. The van der Waals surface area contributed by atoms with E-state index < -0.39 is 0 Å². The van der Waals surface area contributed by atoms with Crippen molar-refractivity contribution < 1.29 is 0 Å². The normalized spacial score (nSPS) is 18.8. The number of nitrogens with one attached hydrogen (secondary N) is 1. The summed E-state index contributed by atoms with van der Waals surface area (Å²) >= 11 is 0. The average molecular weight is 220 g/mol. The van der Waals surface area contributed by atoms with Crippen LogP contribution in [0.2, 0.25) is 0 Å². The third kappa shape index (κ3) is 2.43. The van der Waals surface area contributed by atoms with Crippen molar-refractivity contribution in [3.63, 3.8) is 0 Å². The standard InChI is InChI=1S/C12H20N4/c1-4-14-10-7-13-8-11(15-10)16-6-5-12(2,3)9-16/h7-8H,4-6,9H2,1-3H3,(H,14,15). The molecule has 0 spiro atoms. The van der Waals surface area contributed by atoms with Gasteiger partial charge >= 0.3 is 0 Å². The Morgan fingerprint density at radius 1 is 1.44 bits per heavy atom. The zero-order chi connectivity index (χ0) is 11.6. The van der Waals surface area contributed by atoms with E-state index in [1.54, 1.807) is 6.20 Å². The summed E-state index contributed by atoms with van der Waals surface area (Å²) < 4.78 is 0. The minimum Gasteiger partial charge on any atom is -0.369 e. The van der Waals surface area contributed by atoms with Crippen LogP contribution in [0.3, 0.4) is 0 Å². The van der Waals surface area contributed by atoms with E-state index in [4.69, 9.17) is 0 Å². The Labute approximate surface area is 97.1 Å².